The van der Waals surface area contributed by atoms with Gasteiger partial charge in [-0.25, -0.2) is 0 Å². The highest BCUT2D eigenvalue weighted by Gasteiger charge is 2.33. The molecule has 1 fully saturated rings. The quantitative estimate of drug-likeness (QED) is 0.711. The number of hydrogen-bond acceptors (Lipinski definition) is 1. The van der Waals surface area contributed by atoms with Crippen molar-refractivity contribution in [3.8, 4) is 0 Å². The zero-order valence-corrected chi connectivity index (χ0v) is 13.8. The molecule has 0 amide bonds. The summed E-state index contributed by atoms with van der Waals surface area (Å²) >= 11 is 0. The normalized spacial score (nSPS) is 15.6. The van der Waals surface area contributed by atoms with Crippen molar-refractivity contribution < 1.29 is 0 Å². The molecule has 0 atom stereocenters. The van der Waals surface area contributed by atoms with Crippen LogP contribution < -0.4 is 5.32 Å². The molecular weight excluding hydrogens is 242 g/mol. The Kier molecular flexibility index (Phi) is 5.26. The Morgan fingerprint density at radius 3 is 2.20 bits per heavy atom. The van der Waals surface area contributed by atoms with E-state index in [9.17, 15) is 0 Å². The van der Waals surface area contributed by atoms with E-state index in [1.54, 1.807) is 5.56 Å². The van der Waals surface area contributed by atoms with Crippen LogP contribution in [0.4, 0.5) is 0 Å². The fourth-order valence-corrected chi connectivity index (χ4v) is 3.35. The van der Waals surface area contributed by atoms with Gasteiger partial charge in [-0.2, -0.15) is 0 Å². The smallest absolute Gasteiger partial charge is 0.00777 e. The lowest BCUT2D eigenvalue weighted by Crippen LogP contribution is -2.39. The van der Waals surface area contributed by atoms with Crippen molar-refractivity contribution in [3.63, 3.8) is 0 Å². The molecule has 1 aromatic rings. The maximum atomic E-state index is 3.80. The molecule has 0 spiro atoms. The minimum absolute atomic E-state index is 0.338. The highest BCUT2D eigenvalue weighted by atomic mass is 15.0. The van der Waals surface area contributed by atoms with Crippen molar-refractivity contribution >= 4 is 0 Å². The fourth-order valence-electron chi connectivity index (χ4n) is 3.35. The van der Waals surface area contributed by atoms with Crippen molar-refractivity contribution in [1.82, 2.24) is 5.32 Å². The molecule has 0 saturated heterocycles. The maximum absolute atomic E-state index is 3.80. The van der Waals surface area contributed by atoms with Gasteiger partial charge in [0.1, 0.15) is 0 Å². The summed E-state index contributed by atoms with van der Waals surface area (Å²) in [5.41, 5.74) is 4.73. The van der Waals surface area contributed by atoms with Gasteiger partial charge in [-0.3, -0.25) is 0 Å². The molecule has 0 radical (unpaired) electrons. The summed E-state index contributed by atoms with van der Waals surface area (Å²) in [7, 11) is 0. The summed E-state index contributed by atoms with van der Waals surface area (Å²) in [6.07, 6.45) is 7.87. The zero-order valence-electron chi connectivity index (χ0n) is 13.8. The van der Waals surface area contributed by atoms with Gasteiger partial charge < -0.3 is 5.32 Å². The Bertz CT molecular complexity index is 425. The van der Waals surface area contributed by atoms with Crippen LogP contribution in [0.3, 0.4) is 0 Å². The first-order chi connectivity index (χ1) is 9.61. The largest absolute Gasteiger partial charge is 0.313 e. The maximum Gasteiger partial charge on any atom is 0.00777 e. The number of aryl methyl sites for hydroxylation is 2. The molecule has 0 aliphatic heterocycles. The minimum Gasteiger partial charge on any atom is -0.313 e. The number of rotatable bonds is 8. The highest BCUT2D eigenvalue weighted by molar-refractivity contribution is 5.35. The van der Waals surface area contributed by atoms with Crippen molar-refractivity contribution in [2.75, 3.05) is 6.54 Å². The van der Waals surface area contributed by atoms with Gasteiger partial charge in [0.15, 0.2) is 0 Å². The minimum atomic E-state index is 0.338. The van der Waals surface area contributed by atoms with Gasteiger partial charge in [0, 0.05) is 18.0 Å². The molecule has 1 aliphatic rings. The first-order valence-electron chi connectivity index (χ1n) is 8.42. The molecule has 112 valence electrons. The average molecular weight is 273 g/mol. The van der Waals surface area contributed by atoms with E-state index in [-0.39, 0.29) is 0 Å². The second kappa shape index (κ2) is 6.76. The number of hydrogen-bond donors (Lipinski definition) is 1. The average Bonchev–Trinajstić information content (AvgIpc) is 3.24. The molecular formula is C19H31N. The van der Waals surface area contributed by atoms with Crippen LogP contribution in [0.1, 0.15) is 69.1 Å². The molecule has 0 unspecified atom stereocenters. The van der Waals surface area contributed by atoms with E-state index in [2.05, 4.69) is 51.2 Å². The van der Waals surface area contributed by atoms with Crippen LogP contribution in [-0.2, 0) is 5.41 Å². The topological polar surface area (TPSA) is 12.0 Å². The summed E-state index contributed by atoms with van der Waals surface area (Å²) in [6, 6.07) is 7.92. The Balaban J connectivity index is 2.27. The second-order valence-corrected chi connectivity index (χ2v) is 6.73. The number of benzene rings is 1. The fraction of sp³-hybridized carbons (Fsp3) is 0.684. The van der Waals surface area contributed by atoms with Gasteiger partial charge in [0.05, 0.1) is 0 Å². The van der Waals surface area contributed by atoms with Crippen LogP contribution in [0.5, 0.6) is 0 Å². The van der Waals surface area contributed by atoms with Crippen LogP contribution >= 0.6 is 0 Å². The standard InChI is InChI=1S/C19H31N/c1-5-11-19(12-6-2,14-20-18-9-10-18)17-8-7-15(3)16(4)13-17/h7-8,13,18,20H,5-6,9-12,14H2,1-4H3. The van der Waals surface area contributed by atoms with E-state index in [1.807, 2.05) is 0 Å². The molecule has 1 saturated carbocycles. The Hall–Kier alpha value is -0.820. The summed E-state index contributed by atoms with van der Waals surface area (Å²) < 4.78 is 0. The first kappa shape index (κ1) is 15.6. The molecule has 2 rings (SSSR count). The van der Waals surface area contributed by atoms with Gasteiger partial charge >= 0.3 is 0 Å². The van der Waals surface area contributed by atoms with Crippen LogP contribution in [0.15, 0.2) is 18.2 Å². The predicted molar refractivity (Wildman–Crippen MR) is 88.4 cm³/mol. The van der Waals surface area contributed by atoms with Gasteiger partial charge in [-0.1, -0.05) is 44.9 Å². The van der Waals surface area contributed by atoms with E-state index in [1.165, 1.54) is 49.7 Å². The third-order valence-electron chi connectivity index (χ3n) is 4.88. The predicted octanol–water partition coefficient (Wildman–Crippen LogP) is 4.89. The second-order valence-electron chi connectivity index (χ2n) is 6.73. The van der Waals surface area contributed by atoms with Crippen LogP contribution in [0.2, 0.25) is 0 Å². The molecule has 1 nitrogen and oxygen atoms in total. The third-order valence-corrected chi connectivity index (χ3v) is 4.88. The van der Waals surface area contributed by atoms with E-state index in [4.69, 9.17) is 0 Å². The molecule has 1 aromatic carbocycles. The first-order valence-corrected chi connectivity index (χ1v) is 8.42. The molecule has 20 heavy (non-hydrogen) atoms. The molecule has 1 N–H and O–H groups in total. The van der Waals surface area contributed by atoms with Crippen molar-refractivity contribution in [2.45, 2.75) is 77.7 Å². The van der Waals surface area contributed by atoms with Crippen LogP contribution in [0, 0.1) is 13.8 Å². The lowest BCUT2D eigenvalue weighted by atomic mass is 9.72. The summed E-state index contributed by atoms with van der Waals surface area (Å²) in [5, 5.41) is 3.80. The van der Waals surface area contributed by atoms with E-state index >= 15 is 0 Å². The lowest BCUT2D eigenvalue weighted by molar-refractivity contribution is 0.333. The Labute approximate surface area is 125 Å². The van der Waals surface area contributed by atoms with Crippen LogP contribution in [0.25, 0.3) is 0 Å². The van der Waals surface area contributed by atoms with Crippen molar-refractivity contribution in [2.24, 2.45) is 0 Å². The van der Waals surface area contributed by atoms with Gasteiger partial charge in [0.2, 0.25) is 0 Å². The molecule has 1 heteroatoms. The summed E-state index contributed by atoms with van der Waals surface area (Å²) in [6.45, 7) is 10.3. The monoisotopic (exact) mass is 273 g/mol. The number of nitrogens with one attached hydrogen (secondary N) is 1. The molecule has 0 heterocycles. The highest BCUT2D eigenvalue weighted by Crippen LogP contribution is 2.36. The third kappa shape index (κ3) is 3.63. The molecule has 0 aromatic heterocycles. The molecule has 1 aliphatic carbocycles. The Morgan fingerprint density at radius 1 is 1.05 bits per heavy atom. The summed E-state index contributed by atoms with van der Waals surface area (Å²) in [4.78, 5) is 0. The van der Waals surface area contributed by atoms with E-state index < -0.39 is 0 Å². The summed E-state index contributed by atoms with van der Waals surface area (Å²) in [5.74, 6) is 0. The van der Waals surface area contributed by atoms with Crippen LogP contribution in [-0.4, -0.2) is 12.6 Å². The van der Waals surface area contributed by atoms with E-state index in [0.29, 0.717) is 5.41 Å². The van der Waals surface area contributed by atoms with Crippen molar-refractivity contribution in [1.29, 1.82) is 0 Å². The van der Waals surface area contributed by atoms with E-state index in [0.717, 1.165) is 12.6 Å². The molecule has 0 bridgehead atoms. The zero-order chi connectivity index (χ0) is 14.6. The SMILES string of the molecule is CCCC(CCC)(CNC1CC1)c1ccc(C)c(C)c1. The lowest BCUT2D eigenvalue weighted by Gasteiger charge is -2.35. The van der Waals surface area contributed by atoms with Gasteiger partial charge in [-0.05, 0) is 56.2 Å². The van der Waals surface area contributed by atoms with Gasteiger partial charge in [0.25, 0.3) is 0 Å². The van der Waals surface area contributed by atoms with Crippen molar-refractivity contribution in [3.05, 3.63) is 34.9 Å². The Morgan fingerprint density at radius 2 is 1.70 bits per heavy atom. The van der Waals surface area contributed by atoms with Gasteiger partial charge in [-0.15, -0.1) is 0 Å².